The maximum atomic E-state index is 10.4. The molecular formula is C19H32O4S. The van der Waals surface area contributed by atoms with E-state index in [1.807, 2.05) is 11.8 Å². The van der Waals surface area contributed by atoms with Crippen molar-refractivity contribution in [1.29, 1.82) is 0 Å². The average molecular weight is 357 g/mol. The highest BCUT2D eigenvalue weighted by atomic mass is 32.2. The molecule has 5 heteroatoms. The molecule has 2 rings (SSSR count). The van der Waals surface area contributed by atoms with Crippen LogP contribution in [0.2, 0.25) is 0 Å². The van der Waals surface area contributed by atoms with Crippen molar-refractivity contribution in [3.8, 4) is 0 Å². The van der Waals surface area contributed by atoms with E-state index in [4.69, 9.17) is 14.6 Å². The first-order chi connectivity index (χ1) is 11.7. The molecule has 0 aliphatic carbocycles. The van der Waals surface area contributed by atoms with E-state index < -0.39 is 5.97 Å². The summed E-state index contributed by atoms with van der Waals surface area (Å²) >= 11 is 1.92. The van der Waals surface area contributed by atoms with E-state index in [0.717, 1.165) is 31.1 Å². The number of fused-ring (bicyclic) bond motifs is 2. The monoisotopic (exact) mass is 356 g/mol. The minimum atomic E-state index is -0.863. The molecule has 2 saturated heterocycles. The quantitative estimate of drug-likeness (QED) is 0.397. The second-order valence-electron chi connectivity index (χ2n) is 6.86. The van der Waals surface area contributed by atoms with Gasteiger partial charge in [0.25, 0.3) is 0 Å². The summed E-state index contributed by atoms with van der Waals surface area (Å²) in [6.45, 7) is 3.96. The Morgan fingerprint density at radius 3 is 2.79 bits per heavy atom. The van der Waals surface area contributed by atoms with E-state index in [-0.39, 0.29) is 0 Å². The van der Waals surface area contributed by atoms with Crippen LogP contribution < -0.4 is 0 Å². The van der Waals surface area contributed by atoms with Gasteiger partial charge in [0.05, 0.1) is 18.8 Å². The first-order valence-electron chi connectivity index (χ1n) is 9.42. The third kappa shape index (κ3) is 6.41. The van der Waals surface area contributed by atoms with Gasteiger partial charge in [0.2, 0.25) is 0 Å². The Morgan fingerprint density at radius 1 is 1.25 bits per heavy atom. The predicted octanol–water partition coefficient (Wildman–Crippen LogP) is 4.14. The van der Waals surface area contributed by atoms with Crippen molar-refractivity contribution >= 4 is 17.7 Å². The van der Waals surface area contributed by atoms with Gasteiger partial charge in [-0.25, -0.2) is 4.79 Å². The number of aliphatic carboxylic acids is 1. The van der Waals surface area contributed by atoms with Crippen LogP contribution in [0.4, 0.5) is 0 Å². The molecule has 24 heavy (non-hydrogen) atoms. The number of thioether (sulfide) groups is 1. The maximum absolute atomic E-state index is 10.4. The van der Waals surface area contributed by atoms with Gasteiger partial charge >= 0.3 is 5.97 Å². The molecule has 0 unspecified atom stereocenters. The second-order valence-corrected chi connectivity index (χ2v) is 8.01. The van der Waals surface area contributed by atoms with Crippen LogP contribution in [-0.4, -0.2) is 48.0 Å². The number of ether oxygens (including phenoxy) is 2. The molecule has 0 amide bonds. The Kier molecular flexibility index (Phi) is 9.21. The first kappa shape index (κ1) is 19.8. The van der Waals surface area contributed by atoms with Gasteiger partial charge in [0.1, 0.15) is 0 Å². The molecule has 0 radical (unpaired) electrons. The van der Waals surface area contributed by atoms with Crippen molar-refractivity contribution in [2.45, 2.75) is 64.1 Å². The zero-order chi connectivity index (χ0) is 17.2. The number of rotatable bonds is 13. The van der Waals surface area contributed by atoms with E-state index in [2.05, 4.69) is 6.92 Å². The van der Waals surface area contributed by atoms with Gasteiger partial charge in [-0.05, 0) is 37.2 Å². The zero-order valence-electron chi connectivity index (χ0n) is 14.8. The van der Waals surface area contributed by atoms with Gasteiger partial charge in [0, 0.05) is 24.5 Å². The molecule has 4 nitrogen and oxygen atoms in total. The molecule has 2 heterocycles. The van der Waals surface area contributed by atoms with Gasteiger partial charge in [-0.15, -0.1) is 0 Å². The smallest absolute Gasteiger partial charge is 0.327 e. The fourth-order valence-corrected chi connectivity index (χ4v) is 4.94. The first-order valence-corrected chi connectivity index (χ1v) is 10.6. The number of unbranched alkanes of at least 4 members (excludes halogenated alkanes) is 3. The number of hydrogen-bond acceptors (Lipinski definition) is 4. The van der Waals surface area contributed by atoms with Crippen molar-refractivity contribution < 1.29 is 19.4 Å². The Hall–Kier alpha value is -0.520. The zero-order valence-corrected chi connectivity index (χ0v) is 15.6. The van der Waals surface area contributed by atoms with Crippen LogP contribution in [0.25, 0.3) is 0 Å². The van der Waals surface area contributed by atoms with Crippen molar-refractivity contribution in [2.24, 2.45) is 11.8 Å². The minimum absolute atomic E-state index is 0.406. The van der Waals surface area contributed by atoms with E-state index in [9.17, 15) is 4.79 Å². The Morgan fingerprint density at radius 2 is 2.04 bits per heavy atom. The normalized spacial score (nSPS) is 28.9. The molecule has 1 N–H and O–H groups in total. The molecule has 2 bridgehead atoms. The lowest BCUT2D eigenvalue weighted by Crippen LogP contribution is -2.32. The van der Waals surface area contributed by atoms with Crippen molar-refractivity contribution in [3.05, 3.63) is 12.2 Å². The standard InChI is InChI=1S/C19H32O4S/c1-2-3-4-6-11-22-13-15-16(18-10-9-17(15)23-18)14-24-12-7-5-8-19(20)21/h5,8,15-18H,2-4,6-7,9-14H2,1H3,(H,20,21)/t15-,16+,17-,18+/m1/s1. The van der Waals surface area contributed by atoms with Gasteiger partial charge < -0.3 is 14.6 Å². The molecule has 0 aromatic rings. The van der Waals surface area contributed by atoms with Crippen LogP contribution >= 0.6 is 11.8 Å². The van der Waals surface area contributed by atoms with Crippen molar-refractivity contribution in [1.82, 2.24) is 0 Å². The second kappa shape index (κ2) is 11.2. The molecule has 2 aliphatic rings. The summed E-state index contributed by atoms with van der Waals surface area (Å²) in [6, 6.07) is 0. The number of carboxylic acids is 1. The molecule has 0 spiro atoms. The van der Waals surface area contributed by atoms with E-state index in [0.29, 0.717) is 24.0 Å². The highest BCUT2D eigenvalue weighted by Gasteiger charge is 2.48. The lowest BCUT2D eigenvalue weighted by molar-refractivity contribution is -0.131. The summed E-state index contributed by atoms with van der Waals surface area (Å²) in [6.07, 6.45) is 12.0. The third-order valence-corrected chi connectivity index (χ3v) is 6.19. The van der Waals surface area contributed by atoms with Gasteiger partial charge in [0.15, 0.2) is 0 Å². The Balaban J connectivity index is 1.63. The summed E-state index contributed by atoms with van der Waals surface area (Å²) in [5, 5.41) is 8.58. The fourth-order valence-electron chi connectivity index (χ4n) is 3.74. The summed E-state index contributed by atoms with van der Waals surface area (Å²) < 4.78 is 12.1. The number of allylic oxidation sites excluding steroid dienone is 1. The van der Waals surface area contributed by atoms with Crippen LogP contribution in [0, 0.1) is 11.8 Å². The van der Waals surface area contributed by atoms with E-state index in [1.54, 1.807) is 6.08 Å². The highest BCUT2D eigenvalue weighted by Crippen LogP contribution is 2.44. The summed E-state index contributed by atoms with van der Waals surface area (Å²) in [4.78, 5) is 10.4. The molecule has 0 aromatic carbocycles. The van der Waals surface area contributed by atoms with Crippen LogP contribution in [0.1, 0.15) is 51.9 Å². The van der Waals surface area contributed by atoms with Crippen molar-refractivity contribution in [2.75, 3.05) is 24.7 Å². The predicted molar refractivity (Wildman–Crippen MR) is 98.6 cm³/mol. The molecule has 0 saturated carbocycles. The van der Waals surface area contributed by atoms with Gasteiger partial charge in [-0.2, -0.15) is 11.8 Å². The highest BCUT2D eigenvalue weighted by molar-refractivity contribution is 7.99. The van der Waals surface area contributed by atoms with Crippen molar-refractivity contribution in [3.63, 3.8) is 0 Å². The summed E-state index contributed by atoms with van der Waals surface area (Å²) in [5.41, 5.74) is 0. The van der Waals surface area contributed by atoms with Crippen LogP contribution in [0.3, 0.4) is 0 Å². The van der Waals surface area contributed by atoms with E-state index in [1.165, 1.54) is 44.6 Å². The Labute approximate surface area is 150 Å². The number of hydrogen-bond donors (Lipinski definition) is 1. The van der Waals surface area contributed by atoms with Gasteiger partial charge in [-0.1, -0.05) is 32.3 Å². The SMILES string of the molecule is CCCCCCOC[C@@H]1[C@H](CSCCC=CC(=O)O)[C@@H]2CC[C@H]1O2. The van der Waals surface area contributed by atoms with Gasteiger partial charge in [-0.3, -0.25) is 0 Å². The summed E-state index contributed by atoms with van der Waals surface area (Å²) in [5.74, 6) is 2.37. The minimum Gasteiger partial charge on any atom is -0.478 e. The Bertz CT molecular complexity index is 399. The molecular weight excluding hydrogens is 324 g/mol. The molecule has 2 aliphatic heterocycles. The maximum Gasteiger partial charge on any atom is 0.327 e. The number of carbonyl (C=O) groups is 1. The third-order valence-electron chi connectivity index (χ3n) is 5.04. The molecule has 2 fully saturated rings. The van der Waals surface area contributed by atoms with Crippen LogP contribution in [-0.2, 0) is 14.3 Å². The fraction of sp³-hybridized carbons (Fsp3) is 0.842. The topological polar surface area (TPSA) is 55.8 Å². The average Bonchev–Trinajstić information content (AvgIpc) is 3.15. The molecule has 4 atom stereocenters. The lowest BCUT2D eigenvalue weighted by Gasteiger charge is -2.27. The number of carboxylic acid groups (broad SMARTS) is 1. The van der Waals surface area contributed by atoms with E-state index >= 15 is 0 Å². The van der Waals surface area contributed by atoms with Crippen LogP contribution in [0.5, 0.6) is 0 Å². The molecule has 138 valence electrons. The lowest BCUT2D eigenvalue weighted by atomic mass is 9.81. The summed E-state index contributed by atoms with van der Waals surface area (Å²) in [7, 11) is 0. The van der Waals surface area contributed by atoms with Crippen LogP contribution in [0.15, 0.2) is 12.2 Å². The largest absolute Gasteiger partial charge is 0.478 e. The molecule has 0 aromatic heterocycles.